The molecule has 0 heterocycles. The van der Waals surface area contributed by atoms with Gasteiger partial charge in [-0.25, -0.2) is 0 Å². The van der Waals surface area contributed by atoms with Crippen molar-refractivity contribution in [1.82, 2.24) is 10.6 Å². The highest BCUT2D eigenvalue weighted by Gasteiger charge is 2.23. The van der Waals surface area contributed by atoms with Crippen molar-refractivity contribution in [2.75, 3.05) is 13.1 Å². The van der Waals surface area contributed by atoms with Crippen LogP contribution in [0, 0.1) is 0 Å². The van der Waals surface area contributed by atoms with Gasteiger partial charge in [0.05, 0.1) is 12.6 Å². The van der Waals surface area contributed by atoms with Crippen LogP contribution in [0.1, 0.15) is 52.4 Å². The lowest BCUT2D eigenvalue weighted by atomic mass is 10.0. The second kappa shape index (κ2) is 12.1. The van der Waals surface area contributed by atoms with Gasteiger partial charge in [-0.3, -0.25) is 14.4 Å². The molecule has 128 valence electrons. The van der Waals surface area contributed by atoms with Gasteiger partial charge in [0.25, 0.3) is 0 Å². The van der Waals surface area contributed by atoms with Crippen LogP contribution in [0.15, 0.2) is 0 Å². The summed E-state index contributed by atoms with van der Waals surface area (Å²) in [6, 6.07) is -1.11. The molecular formula is C15H31N4O3+. The molecule has 0 fully saturated rings. The number of quaternary nitrogens is 1. The molecule has 22 heavy (non-hydrogen) atoms. The number of nitrogens with one attached hydrogen (secondary N) is 2. The Morgan fingerprint density at radius 2 is 1.55 bits per heavy atom. The van der Waals surface area contributed by atoms with E-state index < -0.39 is 12.1 Å². The lowest BCUT2D eigenvalue weighted by molar-refractivity contribution is -0.368. The fraction of sp³-hybridized carbons (Fsp3) is 0.800. The summed E-state index contributed by atoms with van der Waals surface area (Å²) in [6.45, 7) is 4.21. The zero-order chi connectivity index (χ0) is 17.0. The van der Waals surface area contributed by atoms with Crippen LogP contribution in [-0.2, 0) is 14.4 Å². The number of amides is 2. The number of carbonyl (C=O) groups is 3. The van der Waals surface area contributed by atoms with Gasteiger partial charge in [-0.05, 0) is 52.0 Å². The van der Waals surface area contributed by atoms with E-state index in [1.165, 1.54) is 13.8 Å². The first-order valence-electron chi connectivity index (χ1n) is 7.99. The molecule has 0 saturated heterocycles. The first-order valence-corrected chi connectivity index (χ1v) is 7.99. The molecule has 0 aromatic rings. The maximum Gasteiger partial charge on any atom is 0.243 e. The molecule has 2 atom stereocenters. The van der Waals surface area contributed by atoms with Crippen LogP contribution in [-0.4, -0.2) is 42.8 Å². The van der Waals surface area contributed by atoms with Crippen molar-refractivity contribution in [2.45, 2.75) is 64.5 Å². The average Bonchev–Trinajstić information content (AvgIpc) is 2.44. The second-order valence-electron chi connectivity index (χ2n) is 5.56. The third-order valence-electron chi connectivity index (χ3n) is 3.44. The third kappa shape index (κ3) is 9.46. The molecule has 0 aromatic heterocycles. The van der Waals surface area contributed by atoms with Crippen LogP contribution >= 0.6 is 0 Å². The van der Waals surface area contributed by atoms with Crippen molar-refractivity contribution in [2.24, 2.45) is 5.73 Å². The number of hydrogen-bond acceptors (Lipinski definition) is 4. The van der Waals surface area contributed by atoms with Gasteiger partial charge in [-0.15, -0.1) is 0 Å². The second-order valence-corrected chi connectivity index (χ2v) is 5.56. The minimum atomic E-state index is -0.612. The van der Waals surface area contributed by atoms with Crippen molar-refractivity contribution in [3.05, 3.63) is 0 Å². The topological polar surface area (TPSA) is 129 Å². The van der Waals surface area contributed by atoms with Crippen molar-refractivity contribution < 1.29 is 20.1 Å². The normalized spacial score (nSPS) is 13.3. The zero-order valence-electron chi connectivity index (χ0n) is 13.8. The Labute approximate surface area is 132 Å². The predicted octanol–water partition coefficient (Wildman–Crippen LogP) is -0.894. The molecule has 7 N–H and O–H groups in total. The van der Waals surface area contributed by atoms with Crippen LogP contribution in [0.4, 0.5) is 0 Å². The number of Topliss-reactive ketones (excluding diaryl/α,β-unsaturated/α-hetero) is 1. The van der Waals surface area contributed by atoms with E-state index in [9.17, 15) is 14.4 Å². The van der Waals surface area contributed by atoms with Crippen LogP contribution in [0.5, 0.6) is 0 Å². The monoisotopic (exact) mass is 315 g/mol. The number of unbranched alkanes of at least 4 members (excludes halogenated alkanes) is 2. The summed E-state index contributed by atoms with van der Waals surface area (Å²) in [7, 11) is 0. The predicted molar refractivity (Wildman–Crippen MR) is 84.7 cm³/mol. The fourth-order valence-electron chi connectivity index (χ4n) is 2.18. The zero-order valence-corrected chi connectivity index (χ0v) is 13.8. The van der Waals surface area contributed by atoms with Crippen molar-refractivity contribution in [3.8, 4) is 0 Å². The van der Waals surface area contributed by atoms with E-state index in [-0.39, 0.29) is 17.6 Å². The Morgan fingerprint density at radius 1 is 0.955 bits per heavy atom. The number of rotatable bonds is 12. The van der Waals surface area contributed by atoms with E-state index in [0.717, 1.165) is 32.2 Å². The molecule has 0 aliphatic heterocycles. The molecule has 7 nitrogen and oxygen atoms in total. The van der Waals surface area contributed by atoms with Crippen molar-refractivity contribution in [1.29, 1.82) is 0 Å². The largest absolute Gasteiger partial charge is 0.358 e. The summed E-state index contributed by atoms with van der Waals surface area (Å²) in [5.41, 5.74) is 9.20. The maximum atomic E-state index is 12.3. The Hall–Kier alpha value is -1.47. The minimum Gasteiger partial charge on any atom is -0.358 e. The molecule has 2 amide bonds. The van der Waals surface area contributed by atoms with Gasteiger partial charge >= 0.3 is 0 Å². The van der Waals surface area contributed by atoms with E-state index in [1.807, 2.05) is 0 Å². The summed E-state index contributed by atoms with van der Waals surface area (Å²) in [6.07, 6.45) is 4.43. The molecule has 0 rings (SSSR count). The van der Waals surface area contributed by atoms with E-state index in [1.54, 1.807) is 0 Å². The third-order valence-corrected chi connectivity index (χ3v) is 3.44. The Bertz CT molecular complexity index is 361. The Kier molecular flexibility index (Phi) is 11.3. The summed E-state index contributed by atoms with van der Waals surface area (Å²) in [4.78, 5) is 35.2. The summed E-state index contributed by atoms with van der Waals surface area (Å²) in [5.74, 6) is -0.632. The van der Waals surface area contributed by atoms with Crippen molar-refractivity contribution >= 4 is 17.6 Å². The van der Waals surface area contributed by atoms with Gasteiger partial charge in [0, 0.05) is 6.92 Å². The van der Waals surface area contributed by atoms with Crippen LogP contribution < -0.4 is 22.1 Å². The molecule has 0 bridgehead atoms. The fourth-order valence-corrected chi connectivity index (χ4v) is 2.18. The Morgan fingerprint density at radius 3 is 2.05 bits per heavy atom. The van der Waals surface area contributed by atoms with Crippen LogP contribution in [0.3, 0.4) is 0 Å². The average molecular weight is 315 g/mol. The van der Waals surface area contributed by atoms with Gasteiger partial charge < -0.3 is 22.1 Å². The smallest absolute Gasteiger partial charge is 0.243 e. The van der Waals surface area contributed by atoms with Gasteiger partial charge in [-0.1, -0.05) is 0 Å². The standard InChI is InChI=1S/C15H30N4O3/c1-11(20)13(7-3-5-9-16)19-15(22)14(18-12(2)21)8-4-6-10-17/h13-14H,3-10,16-17H2,1-2H3,(H,18,21)(H,19,22)/p+1. The molecule has 0 radical (unpaired) electrons. The van der Waals surface area contributed by atoms with Gasteiger partial charge in [0.2, 0.25) is 11.8 Å². The van der Waals surface area contributed by atoms with Crippen LogP contribution in [0.2, 0.25) is 0 Å². The van der Waals surface area contributed by atoms with E-state index in [4.69, 9.17) is 5.73 Å². The molecule has 0 saturated carbocycles. The summed E-state index contributed by atoms with van der Waals surface area (Å²) >= 11 is 0. The molecular weight excluding hydrogens is 284 g/mol. The number of carbonyl (C=O) groups excluding carboxylic acids is 3. The summed E-state index contributed by atoms with van der Waals surface area (Å²) in [5, 5.41) is 5.39. The van der Waals surface area contributed by atoms with Crippen LogP contribution in [0.25, 0.3) is 0 Å². The quantitative estimate of drug-likeness (QED) is 0.348. The molecule has 0 aromatic carbocycles. The minimum absolute atomic E-state index is 0.0686. The van der Waals surface area contributed by atoms with E-state index >= 15 is 0 Å². The number of hydrogen-bond donors (Lipinski definition) is 4. The first-order chi connectivity index (χ1) is 10.4. The summed E-state index contributed by atoms with van der Waals surface area (Å²) < 4.78 is 0. The highest BCUT2D eigenvalue weighted by Crippen LogP contribution is 2.05. The van der Waals surface area contributed by atoms with Crippen molar-refractivity contribution in [3.63, 3.8) is 0 Å². The lowest BCUT2D eigenvalue weighted by Crippen LogP contribution is -2.51. The highest BCUT2D eigenvalue weighted by molar-refractivity contribution is 5.91. The molecule has 7 heteroatoms. The Balaban J connectivity index is 4.58. The molecule has 0 aliphatic carbocycles. The SMILES string of the molecule is CC(=O)NC(CCCCN)C(=O)NC(CCCC[NH3+])C(C)=O. The molecule has 2 unspecified atom stereocenters. The van der Waals surface area contributed by atoms with E-state index in [0.29, 0.717) is 19.4 Å². The number of nitrogens with two attached hydrogens (primary N) is 1. The molecule has 0 aliphatic rings. The molecule has 0 spiro atoms. The number of ketones is 1. The maximum absolute atomic E-state index is 12.3. The van der Waals surface area contributed by atoms with Gasteiger partial charge in [-0.2, -0.15) is 0 Å². The van der Waals surface area contributed by atoms with Gasteiger partial charge in [0.15, 0.2) is 5.78 Å². The van der Waals surface area contributed by atoms with E-state index in [2.05, 4.69) is 16.4 Å². The van der Waals surface area contributed by atoms with Gasteiger partial charge in [0.1, 0.15) is 6.04 Å². The first kappa shape index (κ1) is 20.5. The lowest BCUT2D eigenvalue weighted by Gasteiger charge is -2.21. The highest BCUT2D eigenvalue weighted by atomic mass is 16.2.